The van der Waals surface area contributed by atoms with E-state index in [4.69, 9.17) is 11.6 Å². The highest BCUT2D eigenvalue weighted by Gasteiger charge is 2.39. The molecule has 1 nitrogen and oxygen atoms in total. The van der Waals surface area contributed by atoms with Gasteiger partial charge in [-0.2, -0.15) is 0 Å². The second kappa shape index (κ2) is 3.51. The lowest BCUT2D eigenvalue weighted by molar-refractivity contribution is 0.128. The van der Waals surface area contributed by atoms with Crippen LogP contribution in [0.3, 0.4) is 0 Å². The third kappa shape index (κ3) is 1.71. The van der Waals surface area contributed by atoms with Gasteiger partial charge in [0.2, 0.25) is 0 Å². The van der Waals surface area contributed by atoms with Gasteiger partial charge in [-0.25, -0.2) is 0 Å². The Hall–Kier alpha value is -0.0500. The van der Waals surface area contributed by atoms with Crippen LogP contribution in [0.15, 0.2) is 22.7 Å². The van der Waals surface area contributed by atoms with Gasteiger partial charge in [0.1, 0.15) is 0 Å². The molecule has 1 saturated heterocycles. The van der Waals surface area contributed by atoms with Gasteiger partial charge in [-0.1, -0.05) is 41.4 Å². The van der Waals surface area contributed by atoms with E-state index in [9.17, 15) is 0 Å². The van der Waals surface area contributed by atoms with Gasteiger partial charge >= 0.3 is 0 Å². The van der Waals surface area contributed by atoms with Crippen molar-refractivity contribution in [1.29, 1.82) is 0 Å². The second-order valence-corrected chi connectivity index (χ2v) is 5.76. The van der Waals surface area contributed by atoms with Crippen molar-refractivity contribution in [3.05, 3.63) is 33.3 Å². The molecule has 14 heavy (non-hydrogen) atoms. The molecular formula is C11H13BrClN. The fourth-order valence-electron chi connectivity index (χ4n) is 1.88. The van der Waals surface area contributed by atoms with E-state index in [0.717, 1.165) is 16.0 Å². The first kappa shape index (κ1) is 10.5. The van der Waals surface area contributed by atoms with Crippen molar-refractivity contribution < 1.29 is 0 Å². The first-order valence-corrected chi connectivity index (χ1v) is 5.86. The topological polar surface area (TPSA) is 12.0 Å². The Morgan fingerprint density at radius 3 is 2.71 bits per heavy atom. The van der Waals surface area contributed by atoms with E-state index in [1.54, 1.807) is 0 Å². The molecule has 0 bridgehead atoms. The molecule has 1 fully saturated rings. The lowest BCUT2D eigenvalue weighted by Crippen LogP contribution is -2.52. The van der Waals surface area contributed by atoms with Gasteiger partial charge in [0, 0.05) is 22.1 Å². The van der Waals surface area contributed by atoms with Gasteiger partial charge in [0.05, 0.1) is 0 Å². The van der Waals surface area contributed by atoms with Crippen LogP contribution < -0.4 is 5.32 Å². The van der Waals surface area contributed by atoms with E-state index in [1.807, 2.05) is 18.2 Å². The van der Waals surface area contributed by atoms with Crippen LogP contribution in [0.2, 0.25) is 5.02 Å². The molecular weight excluding hydrogens is 261 g/mol. The van der Waals surface area contributed by atoms with E-state index in [0.29, 0.717) is 11.5 Å². The monoisotopic (exact) mass is 273 g/mol. The maximum Gasteiger partial charge on any atom is 0.0410 e. The summed E-state index contributed by atoms with van der Waals surface area (Å²) in [5, 5.41) is 4.23. The van der Waals surface area contributed by atoms with Crippen LogP contribution in [0.4, 0.5) is 0 Å². The SMILES string of the molecule is CC1(C)CNC1c1cc(Cl)ccc1Br. The van der Waals surface area contributed by atoms with E-state index < -0.39 is 0 Å². The Morgan fingerprint density at radius 1 is 1.50 bits per heavy atom. The van der Waals surface area contributed by atoms with Gasteiger partial charge in [0.25, 0.3) is 0 Å². The maximum absolute atomic E-state index is 5.99. The summed E-state index contributed by atoms with van der Waals surface area (Å²) in [6, 6.07) is 6.36. The predicted molar refractivity (Wildman–Crippen MR) is 63.7 cm³/mol. The quantitative estimate of drug-likeness (QED) is 0.822. The van der Waals surface area contributed by atoms with Crippen molar-refractivity contribution in [2.45, 2.75) is 19.9 Å². The van der Waals surface area contributed by atoms with Crippen molar-refractivity contribution in [1.82, 2.24) is 5.32 Å². The summed E-state index contributed by atoms with van der Waals surface area (Å²) >= 11 is 9.55. The number of benzene rings is 1. The fraction of sp³-hybridized carbons (Fsp3) is 0.455. The molecule has 0 amide bonds. The highest BCUT2D eigenvalue weighted by molar-refractivity contribution is 9.10. The summed E-state index contributed by atoms with van der Waals surface area (Å²) in [7, 11) is 0. The Balaban J connectivity index is 2.37. The average Bonchev–Trinajstić information content (AvgIpc) is 2.10. The summed E-state index contributed by atoms with van der Waals surface area (Å²) in [4.78, 5) is 0. The maximum atomic E-state index is 5.99. The predicted octanol–water partition coefficient (Wildman–Crippen LogP) is 3.77. The summed E-state index contributed by atoms with van der Waals surface area (Å²) in [5.41, 5.74) is 1.58. The molecule has 1 aromatic rings. The van der Waals surface area contributed by atoms with Crippen LogP contribution in [0.1, 0.15) is 25.5 Å². The van der Waals surface area contributed by atoms with Gasteiger partial charge < -0.3 is 5.32 Å². The zero-order valence-electron chi connectivity index (χ0n) is 8.27. The summed E-state index contributed by atoms with van der Waals surface area (Å²) in [6.07, 6.45) is 0. The zero-order valence-corrected chi connectivity index (χ0v) is 10.6. The average molecular weight is 275 g/mol. The molecule has 1 N–H and O–H groups in total. The van der Waals surface area contributed by atoms with E-state index in [2.05, 4.69) is 35.1 Å². The Morgan fingerprint density at radius 2 is 2.21 bits per heavy atom. The van der Waals surface area contributed by atoms with Gasteiger partial charge in [-0.05, 0) is 29.2 Å². The van der Waals surface area contributed by atoms with Gasteiger partial charge in [-0.3, -0.25) is 0 Å². The molecule has 0 radical (unpaired) electrons. The molecule has 76 valence electrons. The molecule has 1 aliphatic rings. The number of nitrogens with one attached hydrogen (secondary N) is 1. The van der Waals surface area contributed by atoms with Crippen molar-refractivity contribution in [2.75, 3.05) is 6.54 Å². The molecule has 0 spiro atoms. The van der Waals surface area contributed by atoms with Crippen LogP contribution in [0, 0.1) is 5.41 Å². The number of hydrogen-bond acceptors (Lipinski definition) is 1. The van der Waals surface area contributed by atoms with E-state index >= 15 is 0 Å². The minimum atomic E-state index is 0.327. The normalized spacial score (nSPS) is 24.4. The summed E-state index contributed by atoms with van der Waals surface area (Å²) in [5.74, 6) is 0. The van der Waals surface area contributed by atoms with E-state index in [1.165, 1.54) is 5.56 Å². The molecule has 1 unspecified atom stereocenters. The molecule has 1 aliphatic heterocycles. The standard InChI is InChI=1S/C11H13BrClN/c1-11(2)6-14-10(11)8-5-7(13)3-4-9(8)12/h3-5,10,14H,6H2,1-2H3. The zero-order chi connectivity index (χ0) is 10.3. The minimum absolute atomic E-state index is 0.327. The highest BCUT2D eigenvalue weighted by Crippen LogP contribution is 2.43. The Kier molecular flexibility index (Phi) is 2.63. The lowest BCUT2D eigenvalue weighted by atomic mass is 9.74. The molecule has 1 heterocycles. The molecule has 0 saturated carbocycles. The van der Waals surface area contributed by atoms with Crippen LogP contribution in [0.5, 0.6) is 0 Å². The molecule has 0 aliphatic carbocycles. The van der Waals surface area contributed by atoms with Crippen molar-refractivity contribution in [3.63, 3.8) is 0 Å². The van der Waals surface area contributed by atoms with Crippen molar-refractivity contribution in [2.24, 2.45) is 5.41 Å². The Labute approximate surface area is 98.0 Å². The second-order valence-electron chi connectivity index (χ2n) is 4.47. The lowest BCUT2D eigenvalue weighted by Gasteiger charge is -2.46. The van der Waals surface area contributed by atoms with Crippen LogP contribution in [-0.2, 0) is 0 Å². The van der Waals surface area contributed by atoms with Gasteiger partial charge in [-0.15, -0.1) is 0 Å². The smallest absolute Gasteiger partial charge is 0.0410 e. The summed E-state index contributed by atoms with van der Waals surface area (Å²) < 4.78 is 1.13. The molecule has 3 heteroatoms. The third-order valence-corrected chi connectivity index (χ3v) is 3.77. The Bertz CT molecular complexity index is 362. The molecule has 1 atom stereocenters. The molecule has 2 rings (SSSR count). The fourth-order valence-corrected chi connectivity index (χ4v) is 2.54. The number of hydrogen-bond donors (Lipinski definition) is 1. The highest BCUT2D eigenvalue weighted by atomic mass is 79.9. The minimum Gasteiger partial charge on any atom is -0.309 e. The first-order chi connectivity index (χ1) is 6.50. The van der Waals surface area contributed by atoms with Crippen LogP contribution in [-0.4, -0.2) is 6.54 Å². The van der Waals surface area contributed by atoms with E-state index in [-0.39, 0.29) is 0 Å². The van der Waals surface area contributed by atoms with Gasteiger partial charge in [0.15, 0.2) is 0 Å². The van der Waals surface area contributed by atoms with Crippen molar-refractivity contribution in [3.8, 4) is 0 Å². The molecule has 1 aromatic carbocycles. The first-order valence-electron chi connectivity index (χ1n) is 4.69. The molecule has 0 aromatic heterocycles. The summed E-state index contributed by atoms with van der Waals surface area (Å²) in [6.45, 7) is 5.60. The van der Waals surface area contributed by atoms with Crippen LogP contribution in [0.25, 0.3) is 0 Å². The van der Waals surface area contributed by atoms with Crippen molar-refractivity contribution >= 4 is 27.5 Å². The number of rotatable bonds is 1. The number of halogens is 2. The third-order valence-electron chi connectivity index (χ3n) is 2.81. The largest absolute Gasteiger partial charge is 0.309 e. The van der Waals surface area contributed by atoms with Crippen LogP contribution >= 0.6 is 27.5 Å².